The van der Waals surface area contributed by atoms with E-state index in [-0.39, 0.29) is 5.75 Å². The molecule has 7 heteroatoms. The van der Waals surface area contributed by atoms with Gasteiger partial charge in [0.1, 0.15) is 11.0 Å². The summed E-state index contributed by atoms with van der Waals surface area (Å²) < 4.78 is 24.5. The van der Waals surface area contributed by atoms with Gasteiger partial charge >= 0.3 is 0 Å². The molecule has 0 unspecified atom stereocenters. The Kier molecular flexibility index (Phi) is 3.86. The van der Waals surface area contributed by atoms with Crippen LogP contribution in [0.1, 0.15) is 6.42 Å². The lowest BCUT2D eigenvalue weighted by Crippen LogP contribution is -2.30. The summed E-state index contributed by atoms with van der Waals surface area (Å²) in [6, 6.07) is 5.28. The minimum Gasteiger partial charge on any atom is -0.369 e. The summed E-state index contributed by atoms with van der Waals surface area (Å²) in [4.78, 5) is 4.06. The van der Waals surface area contributed by atoms with Gasteiger partial charge in [-0.25, -0.2) is 17.7 Å². The van der Waals surface area contributed by atoms with E-state index in [1.807, 2.05) is 0 Å². The van der Waals surface area contributed by atoms with Crippen molar-refractivity contribution in [1.82, 2.24) is 9.29 Å². The molecule has 1 aromatic heterocycles. The van der Waals surface area contributed by atoms with Gasteiger partial charge in [0.2, 0.25) is 10.0 Å². The summed E-state index contributed by atoms with van der Waals surface area (Å²) in [5.41, 5.74) is 0. The smallest absolute Gasteiger partial charge is 0.214 e. The zero-order chi connectivity index (χ0) is 12.3. The zero-order valence-electron chi connectivity index (χ0n) is 9.26. The van der Waals surface area contributed by atoms with Crippen molar-refractivity contribution in [3.8, 4) is 0 Å². The predicted octanol–water partition coefficient (Wildman–Crippen LogP) is 1.18. The third-order valence-electron chi connectivity index (χ3n) is 2.59. The first-order valence-corrected chi connectivity index (χ1v) is 7.41. The highest BCUT2D eigenvalue weighted by Gasteiger charge is 2.27. The van der Waals surface area contributed by atoms with Crippen LogP contribution in [0.4, 0.5) is 5.82 Å². The van der Waals surface area contributed by atoms with Crippen LogP contribution in [0.25, 0.3) is 0 Å². The summed E-state index contributed by atoms with van der Waals surface area (Å²) in [6.45, 7) is 1.62. The molecule has 0 saturated carbocycles. The highest BCUT2D eigenvalue weighted by molar-refractivity contribution is 7.89. The Bertz CT molecular complexity index is 492. The van der Waals surface area contributed by atoms with Crippen molar-refractivity contribution in [1.29, 1.82) is 0 Å². The number of pyridine rings is 1. The SMILES string of the molecule is O=S1(=O)CCCN1CCNc1cccc(Cl)n1. The van der Waals surface area contributed by atoms with E-state index in [1.165, 1.54) is 4.31 Å². The van der Waals surface area contributed by atoms with Gasteiger partial charge in [-0.05, 0) is 18.6 Å². The van der Waals surface area contributed by atoms with Crippen LogP contribution in [0.2, 0.25) is 5.15 Å². The van der Waals surface area contributed by atoms with Crippen LogP contribution in [0.15, 0.2) is 18.2 Å². The third kappa shape index (κ3) is 3.31. The zero-order valence-corrected chi connectivity index (χ0v) is 10.8. The van der Waals surface area contributed by atoms with Gasteiger partial charge in [-0.1, -0.05) is 17.7 Å². The number of hydrogen-bond acceptors (Lipinski definition) is 4. The van der Waals surface area contributed by atoms with Gasteiger partial charge in [0.15, 0.2) is 0 Å². The third-order valence-corrected chi connectivity index (χ3v) is 4.75. The highest BCUT2D eigenvalue weighted by atomic mass is 35.5. The number of rotatable bonds is 4. The predicted molar refractivity (Wildman–Crippen MR) is 67.7 cm³/mol. The van der Waals surface area contributed by atoms with E-state index in [1.54, 1.807) is 18.2 Å². The molecule has 94 valence electrons. The van der Waals surface area contributed by atoms with Gasteiger partial charge in [-0.15, -0.1) is 0 Å². The number of nitrogens with zero attached hydrogens (tertiary/aromatic N) is 2. The first kappa shape index (κ1) is 12.6. The molecule has 5 nitrogen and oxygen atoms in total. The lowest BCUT2D eigenvalue weighted by Gasteiger charge is -2.14. The molecule has 17 heavy (non-hydrogen) atoms. The minimum absolute atomic E-state index is 0.266. The molecule has 2 rings (SSSR count). The molecule has 1 aliphatic rings. The summed E-state index contributed by atoms with van der Waals surface area (Å²) in [7, 11) is -3.00. The second-order valence-corrected chi connectivity index (χ2v) is 6.32. The van der Waals surface area contributed by atoms with Crippen molar-refractivity contribution in [3.63, 3.8) is 0 Å². The molecule has 0 aromatic carbocycles. The van der Waals surface area contributed by atoms with E-state index in [4.69, 9.17) is 11.6 Å². The molecule has 1 saturated heterocycles. The fraction of sp³-hybridized carbons (Fsp3) is 0.500. The van der Waals surface area contributed by atoms with Gasteiger partial charge < -0.3 is 5.32 Å². The minimum atomic E-state index is -3.00. The molecule has 1 aliphatic heterocycles. The molecule has 1 aromatic rings. The average Bonchev–Trinajstić information content (AvgIpc) is 2.58. The Labute approximate surface area is 106 Å². The van der Waals surface area contributed by atoms with Crippen LogP contribution >= 0.6 is 11.6 Å². The number of sulfonamides is 1. The summed E-state index contributed by atoms with van der Waals surface area (Å²) in [6.07, 6.45) is 0.720. The number of halogens is 1. The van der Waals surface area contributed by atoms with Crippen LogP contribution in [-0.2, 0) is 10.0 Å². The molecule has 0 bridgehead atoms. The lowest BCUT2D eigenvalue weighted by molar-refractivity contribution is 0.456. The first-order chi connectivity index (χ1) is 8.08. The van der Waals surface area contributed by atoms with Gasteiger partial charge in [0.25, 0.3) is 0 Å². The number of hydrogen-bond donors (Lipinski definition) is 1. The maximum absolute atomic E-state index is 11.5. The lowest BCUT2D eigenvalue weighted by atomic mass is 10.4. The van der Waals surface area contributed by atoms with Crippen LogP contribution in [-0.4, -0.2) is 43.1 Å². The van der Waals surface area contributed by atoms with Crippen molar-refractivity contribution >= 4 is 27.4 Å². The van der Waals surface area contributed by atoms with Gasteiger partial charge in [-0.3, -0.25) is 0 Å². The highest BCUT2D eigenvalue weighted by Crippen LogP contribution is 2.13. The van der Waals surface area contributed by atoms with Crippen LogP contribution in [0.5, 0.6) is 0 Å². The fourth-order valence-electron chi connectivity index (χ4n) is 1.76. The van der Waals surface area contributed by atoms with E-state index in [9.17, 15) is 8.42 Å². The van der Waals surface area contributed by atoms with E-state index in [0.29, 0.717) is 30.6 Å². The molecule has 0 aliphatic carbocycles. The fourth-order valence-corrected chi connectivity index (χ4v) is 3.45. The molecule has 1 fully saturated rings. The maximum Gasteiger partial charge on any atom is 0.214 e. The topological polar surface area (TPSA) is 62.3 Å². The Hall–Kier alpha value is -0.850. The van der Waals surface area contributed by atoms with Gasteiger partial charge in [0.05, 0.1) is 5.75 Å². The quantitative estimate of drug-likeness (QED) is 0.839. The number of nitrogens with one attached hydrogen (secondary N) is 1. The molecule has 0 atom stereocenters. The standard InChI is InChI=1S/C10H14ClN3O2S/c11-9-3-1-4-10(13-9)12-5-7-14-6-2-8-17(14,15)16/h1,3-4H,2,5-8H2,(H,12,13). The molecule has 0 amide bonds. The van der Waals surface area contributed by atoms with E-state index >= 15 is 0 Å². The number of anilines is 1. The largest absolute Gasteiger partial charge is 0.369 e. The molecule has 0 radical (unpaired) electrons. The van der Waals surface area contributed by atoms with Crippen molar-refractivity contribution in [2.24, 2.45) is 0 Å². The van der Waals surface area contributed by atoms with Crippen molar-refractivity contribution in [2.75, 3.05) is 30.7 Å². The van der Waals surface area contributed by atoms with Crippen molar-refractivity contribution < 1.29 is 8.42 Å². The normalized spacial score (nSPS) is 19.4. The second kappa shape index (κ2) is 5.20. The number of aromatic nitrogens is 1. The summed E-state index contributed by atoms with van der Waals surface area (Å²) in [5.74, 6) is 0.927. The molecule has 1 N–H and O–H groups in total. The molecular weight excluding hydrogens is 262 g/mol. The second-order valence-electron chi connectivity index (χ2n) is 3.84. The Morgan fingerprint density at radius 2 is 2.29 bits per heavy atom. The van der Waals surface area contributed by atoms with Gasteiger partial charge in [-0.2, -0.15) is 0 Å². The van der Waals surface area contributed by atoms with Crippen molar-refractivity contribution in [2.45, 2.75) is 6.42 Å². The molecular formula is C10H14ClN3O2S. The Balaban J connectivity index is 1.84. The maximum atomic E-state index is 11.5. The monoisotopic (exact) mass is 275 g/mol. The van der Waals surface area contributed by atoms with E-state index < -0.39 is 10.0 Å². The Morgan fingerprint density at radius 3 is 2.94 bits per heavy atom. The Morgan fingerprint density at radius 1 is 1.47 bits per heavy atom. The molecule has 0 spiro atoms. The first-order valence-electron chi connectivity index (χ1n) is 5.42. The van der Waals surface area contributed by atoms with Gasteiger partial charge in [0, 0.05) is 19.6 Å². The molecule has 2 heterocycles. The summed E-state index contributed by atoms with van der Waals surface area (Å²) in [5, 5.41) is 3.47. The van der Waals surface area contributed by atoms with Crippen LogP contribution < -0.4 is 5.32 Å². The van der Waals surface area contributed by atoms with Crippen molar-refractivity contribution in [3.05, 3.63) is 23.4 Å². The average molecular weight is 276 g/mol. The van der Waals surface area contributed by atoms with E-state index in [2.05, 4.69) is 10.3 Å². The van der Waals surface area contributed by atoms with E-state index in [0.717, 1.165) is 6.42 Å². The summed E-state index contributed by atoms with van der Waals surface area (Å²) >= 11 is 5.74. The van der Waals surface area contributed by atoms with Crippen LogP contribution in [0, 0.1) is 0 Å². The van der Waals surface area contributed by atoms with Crippen LogP contribution in [0.3, 0.4) is 0 Å².